The monoisotopic (exact) mass is 490 g/mol. The Labute approximate surface area is 198 Å². The minimum absolute atomic E-state index is 0.0727. The Morgan fingerprint density at radius 3 is 2.53 bits per heavy atom. The van der Waals surface area contributed by atoms with Crippen LogP contribution in [0.2, 0.25) is 5.02 Å². The van der Waals surface area contributed by atoms with Crippen molar-refractivity contribution in [3.05, 3.63) is 69.8 Å². The topological polar surface area (TPSA) is 68.3 Å². The van der Waals surface area contributed by atoms with Crippen LogP contribution < -0.4 is 0 Å². The van der Waals surface area contributed by atoms with E-state index in [4.69, 9.17) is 11.6 Å². The lowest BCUT2D eigenvalue weighted by Crippen LogP contribution is -2.28. The molecule has 0 aliphatic rings. The first-order chi connectivity index (χ1) is 16.0. The van der Waals surface area contributed by atoms with Gasteiger partial charge in [0.05, 0.1) is 29.2 Å². The molecule has 0 saturated heterocycles. The molecule has 0 bridgehead atoms. The zero-order valence-corrected chi connectivity index (χ0v) is 19.7. The Hall–Kier alpha value is -3.40. The van der Waals surface area contributed by atoms with Crippen LogP contribution in [0.5, 0.6) is 0 Å². The first-order valence-electron chi connectivity index (χ1n) is 10.5. The number of aryl methyl sites for hydroxylation is 3. The van der Waals surface area contributed by atoms with Crippen LogP contribution in [0.3, 0.4) is 0 Å². The van der Waals surface area contributed by atoms with E-state index in [1.807, 2.05) is 26.8 Å². The zero-order chi connectivity index (χ0) is 24.8. The first-order valence-corrected chi connectivity index (χ1v) is 10.9. The van der Waals surface area contributed by atoms with E-state index in [2.05, 4.69) is 15.2 Å². The smallest absolute Gasteiger partial charge is 0.334 e. The second kappa shape index (κ2) is 8.75. The van der Waals surface area contributed by atoms with Gasteiger partial charge in [0.25, 0.3) is 5.91 Å². The van der Waals surface area contributed by atoms with Crippen LogP contribution in [0.25, 0.3) is 16.9 Å². The van der Waals surface area contributed by atoms with Crippen molar-refractivity contribution in [1.29, 1.82) is 0 Å². The number of amides is 1. The van der Waals surface area contributed by atoms with Crippen LogP contribution in [0.15, 0.2) is 36.5 Å². The summed E-state index contributed by atoms with van der Waals surface area (Å²) in [6, 6.07) is 7.54. The van der Waals surface area contributed by atoms with Gasteiger partial charge in [-0.15, -0.1) is 0 Å². The van der Waals surface area contributed by atoms with Gasteiger partial charge in [-0.1, -0.05) is 23.7 Å². The highest BCUT2D eigenvalue weighted by molar-refractivity contribution is 6.31. The molecule has 11 heteroatoms. The van der Waals surface area contributed by atoms with E-state index < -0.39 is 17.8 Å². The van der Waals surface area contributed by atoms with Gasteiger partial charge < -0.3 is 4.90 Å². The maximum Gasteiger partial charge on any atom is 0.433 e. The maximum atomic E-state index is 13.9. The zero-order valence-electron chi connectivity index (χ0n) is 19.0. The minimum Gasteiger partial charge on any atom is -0.334 e. The van der Waals surface area contributed by atoms with Gasteiger partial charge in [0.15, 0.2) is 17.0 Å². The summed E-state index contributed by atoms with van der Waals surface area (Å²) in [6.45, 7) is 6.35. The quantitative estimate of drug-likeness (QED) is 0.387. The molecule has 4 aromatic rings. The number of alkyl halides is 3. The summed E-state index contributed by atoms with van der Waals surface area (Å²) < 4.78 is 44.0. The first kappa shape index (κ1) is 23.7. The second-order valence-electron chi connectivity index (χ2n) is 8.04. The summed E-state index contributed by atoms with van der Waals surface area (Å²) in [6.07, 6.45) is -3.22. The predicted molar refractivity (Wildman–Crippen MR) is 122 cm³/mol. The van der Waals surface area contributed by atoms with Gasteiger partial charge in [0.2, 0.25) is 0 Å². The molecule has 0 radical (unpaired) electrons. The third-order valence-corrected chi connectivity index (χ3v) is 5.99. The van der Waals surface area contributed by atoms with Crippen molar-refractivity contribution in [2.24, 2.45) is 0 Å². The van der Waals surface area contributed by atoms with Crippen molar-refractivity contribution in [3.8, 4) is 11.3 Å². The number of rotatable bonds is 5. The van der Waals surface area contributed by atoms with Gasteiger partial charge >= 0.3 is 6.18 Å². The molecule has 0 unspecified atom stereocenters. The third-order valence-electron chi connectivity index (χ3n) is 5.67. The van der Waals surface area contributed by atoms with Crippen molar-refractivity contribution in [2.75, 3.05) is 7.05 Å². The van der Waals surface area contributed by atoms with Crippen LogP contribution in [0.1, 0.15) is 39.9 Å². The standard InChI is InChI=1S/C23H22ClF3N6O/c1-5-32-19(16(24)11-28-32)12-31(4)22(34)18-10-21-29-17(15-7-6-13(2)14(3)8-15)9-20(23(25,26)27)33(21)30-18/h6-11H,5,12H2,1-4H3. The Balaban J connectivity index is 1.75. The Morgan fingerprint density at radius 1 is 1.15 bits per heavy atom. The molecule has 0 saturated carbocycles. The van der Waals surface area contributed by atoms with Crippen LogP contribution in [-0.2, 0) is 19.3 Å². The summed E-state index contributed by atoms with van der Waals surface area (Å²) in [5.41, 5.74) is 2.02. The van der Waals surface area contributed by atoms with E-state index in [0.29, 0.717) is 27.3 Å². The Kier molecular flexibility index (Phi) is 6.11. The van der Waals surface area contributed by atoms with Crippen molar-refractivity contribution >= 4 is 23.2 Å². The fourth-order valence-corrected chi connectivity index (χ4v) is 3.84. The van der Waals surface area contributed by atoms with Crippen LogP contribution in [0, 0.1) is 13.8 Å². The highest BCUT2D eigenvalue weighted by Crippen LogP contribution is 2.33. The van der Waals surface area contributed by atoms with Gasteiger partial charge in [-0.2, -0.15) is 23.4 Å². The lowest BCUT2D eigenvalue weighted by atomic mass is 10.0. The second-order valence-corrected chi connectivity index (χ2v) is 8.45. The summed E-state index contributed by atoms with van der Waals surface area (Å²) in [7, 11) is 1.52. The van der Waals surface area contributed by atoms with Crippen molar-refractivity contribution in [2.45, 2.75) is 40.0 Å². The van der Waals surface area contributed by atoms with Gasteiger partial charge in [-0.05, 0) is 44.0 Å². The van der Waals surface area contributed by atoms with Gasteiger partial charge in [-0.3, -0.25) is 9.48 Å². The van der Waals surface area contributed by atoms with Crippen LogP contribution in [-0.4, -0.2) is 42.2 Å². The van der Waals surface area contributed by atoms with Crippen LogP contribution >= 0.6 is 11.6 Å². The number of aromatic nitrogens is 5. The van der Waals surface area contributed by atoms with Crippen molar-refractivity contribution in [1.82, 2.24) is 29.3 Å². The highest BCUT2D eigenvalue weighted by Gasteiger charge is 2.36. The lowest BCUT2D eigenvalue weighted by Gasteiger charge is -2.16. The molecule has 178 valence electrons. The number of benzene rings is 1. The summed E-state index contributed by atoms with van der Waals surface area (Å²) in [5, 5.41) is 8.48. The minimum atomic E-state index is -4.70. The molecule has 0 spiro atoms. The number of hydrogen-bond acceptors (Lipinski definition) is 4. The van der Waals surface area contributed by atoms with E-state index in [1.165, 1.54) is 24.2 Å². The number of hydrogen-bond donors (Lipinski definition) is 0. The molecule has 3 heterocycles. The number of fused-ring (bicyclic) bond motifs is 1. The largest absolute Gasteiger partial charge is 0.433 e. The van der Waals surface area contributed by atoms with Crippen LogP contribution in [0.4, 0.5) is 13.2 Å². The van der Waals surface area contributed by atoms with E-state index in [1.54, 1.807) is 16.8 Å². The molecule has 4 rings (SSSR count). The highest BCUT2D eigenvalue weighted by atomic mass is 35.5. The van der Waals surface area contributed by atoms with Crippen molar-refractivity contribution < 1.29 is 18.0 Å². The predicted octanol–water partition coefficient (Wildman–Crippen LogP) is 5.17. The van der Waals surface area contributed by atoms with Crippen molar-refractivity contribution in [3.63, 3.8) is 0 Å². The average Bonchev–Trinajstić information content (AvgIpc) is 3.37. The maximum absolute atomic E-state index is 13.9. The SMILES string of the molecule is CCn1ncc(Cl)c1CN(C)C(=O)c1cc2nc(-c3ccc(C)c(C)c3)cc(C(F)(F)F)n2n1. The molecule has 0 aliphatic heterocycles. The Bertz CT molecular complexity index is 1390. The fraction of sp³-hybridized carbons (Fsp3) is 0.304. The molecule has 1 aromatic carbocycles. The van der Waals surface area contributed by atoms with E-state index >= 15 is 0 Å². The molecule has 0 atom stereocenters. The molecule has 1 amide bonds. The van der Waals surface area contributed by atoms with E-state index in [0.717, 1.165) is 17.2 Å². The summed E-state index contributed by atoms with van der Waals surface area (Å²) >= 11 is 6.17. The van der Waals surface area contributed by atoms with Gasteiger partial charge in [-0.25, -0.2) is 9.50 Å². The molecule has 0 N–H and O–H groups in total. The van der Waals surface area contributed by atoms with E-state index in [-0.39, 0.29) is 23.6 Å². The third kappa shape index (κ3) is 4.37. The number of carbonyl (C=O) groups is 1. The molecule has 7 nitrogen and oxygen atoms in total. The summed E-state index contributed by atoms with van der Waals surface area (Å²) in [4.78, 5) is 18.7. The number of halogens is 4. The normalized spacial score (nSPS) is 11.9. The summed E-state index contributed by atoms with van der Waals surface area (Å²) in [5.74, 6) is -0.564. The number of nitrogens with zero attached hydrogens (tertiary/aromatic N) is 6. The molecule has 34 heavy (non-hydrogen) atoms. The molecule has 0 fully saturated rings. The molecule has 3 aromatic heterocycles. The van der Waals surface area contributed by atoms with E-state index in [9.17, 15) is 18.0 Å². The lowest BCUT2D eigenvalue weighted by molar-refractivity contribution is -0.142. The number of carbonyl (C=O) groups excluding carboxylic acids is 1. The molecule has 0 aliphatic carbocycles. The Morgan fingerprint density at radius 2 is 1.88 bits per heavy atom. The fourth-order valence-electron chi connectivity index (χ4n) is 3.64. The van der Waals surface area contributed by atoms with Gasteiger partial charge in [0.1, 0.15) is 0 Å². The molecular weight excluding hydrogens is 469 g/mol. The average molecular weight is 491 g/mol. The molecular formula is C23H22ClF3N6O. The van der Waals surface area contributed by atoms with Gasteiger partial charge in [0, 0.05) is 25.2 Å².